The van der Waals surface area contributed by atoms with E-state index in [2.05, 4.69) is 15.6 Å². The number of rotatable bonds is 6. The summed E-state index contributed by atoms with van der Waals surface area (Å²) in [5.41, 5.74) is -0.00369. The number of aromatic nitrogens is 2. The SMILES string of the molecule is COC1CCC(NC(=O)NCCn2cnc(C(=O)O)c2)C1. The van der Waals surface area contributed by atoms with Gasteiger partial charge in [0.1, 0.15) is 0 Å². The van der Waals surface area contributed by atoms with Gasteiger partial charge in [0.2, 0.25) is 0 Å². The van der Waals surface area contributed by atoms with Crippen molar-refractivity contribution in [2.45, 2.75) is 38.0 Å². The first kappa shape index (κ1) is 15.3. The molecule has 0 aliphatic heterocycles. The standard InChI is InChI=1S/C13H20N4O4/c1-21-10-3-2-9(6-10)16-13(20)14-4-5-17-7-11(12(18)19)15-8-17/h7-10H,2-6H2,1H3,(H,18,19)(H2,14,16,20). The number of amides is 2. The van der Waals surface area contributed by atoms with Crippen molar-refractivity contribution < 1.29 is 19.4 Å². The highest BCUT2D eigenvalue weighted by Gasteiger charge is 2.25. The van der Waals surface area contributed by atoms with Gasteiger partial charge in [0.25, 0.3) is 0 Å². The van der Waals surface area contributed by atoms with Crippen LogP contribution in [0.5, 0.6) is 0 Å². The Morgan fingerprint density at radius 1 is 1.52 bits per heavy atom. The van der Waals surface area contributed by atoms with Crippen LogP contribution in [0.2, 0.25) is 0 Å². The first-order valence-corrected chi connectivity index (χ1v) is 6.90. The number of urea groups is 1. The number of aromatic carboxylic acids is 1. The summed E-state index contributed by atoms with van der Waals surface area (Å²) in [6, 6.07) is -0.0582. The summed E-state index contributed by atoms with van der Waals surface area (Å²) in [6.45, 7) is 0.876. The zero-order chi connectivity index (χ0) is 15.2. The van der Waals surface area contributed by atoms with E-state index in [1.165, 1.54) is 12.5 Å². The Balaban J connectivity index is 1.66. The van der Waals surface area contributed by atoms with Gasteiger partial charge in [0.15, 0.2) is 5.69 Å². The molecule has 1 aliphatic rings. The summed E-state index contributed by atoms with van der Waals surface area (Å²) >= 11 is 0. The lowest BCUT2D eigenvalue weighted by Crippen LogP contribution is -2.42. The Bertz CT molecular complexity index is 502. The lowest BCUT2D eigenvalue weighted by molar-refractivity contribution is 0.0691. The highest BCUT2D eigenvalue weighted by atomic mass is 16.5. The van der Waals surface area contributed by atoms with Crippen LogP contribution in [0.25, 0.3) is 0 Å². The fourth-order valence-corrected chi connectivity index (χ4v) is 2.41. The number of hydrogen-bond donors (Lipinski definition) is 3. The highest BCUT2D eigenvalue weighted by molar-refractivity contribution is 5.84. The maximum absolute atomic E-state index is 11.7. The van der Waals surface area contributed by atoms with Gasteiger partial charge in [-0.2, -0.15) is 0 Å². The van der Waals surface area contributed by atoms with E-state index in [4.69, 9.17) is 9.84 Å². The fourth-order valence-electron chi connectivity index (χ4n) is 2.41. The van der Waals surface area contributed by atoms with Crippen LogP contribution < -0.4 is 10.6 Å². The van der Waals surface area contributed by atoms with Gasteiger partial charge in [0.05, 0.1) is 12.4 Å². The quantitative estimate of drug-likeness (QED) is 0.706. The summed E-state index contributed by atoms with van der Waals surface area (Å²) in [7, 11) is 1.68. The highest BCUT2D eigenvalue weighted by Crippen LogP contribution is 2.21. The van der Waals surface area contributed by atoms with Crippen LogP contribution in [0.3, 0.4) is 0 Å². The largest absolute Gasteiger partial charge is 0.476 e. The number of carboxylic acid groups (broad SMARTS) is 1. The maximum Gasteiger partial charge on any atom is 0.356 e. The molecular weight excluding hydrogens is 276 g/mol. The molecule has 0 saturated heterocycles. The van der Waals surface area contributed by atoms with Crippen LogP contribution in [0.4, 0.5) is 4.79 Å². The van der Waals surface area contributed by atoms with Crippen LogP contribution in [0.15, 0.2) is 12.5 Å². The zero-order valence-electron chi connectivity index (χ0n) is 11.9. The van der Waals surface area contributed by atoms with Crippen LogP contribution in [0, 0.1) is 0 Å². The smallest absolute Gasteiger partial charge is 0.356 e. The second-order valence-electron chi connectivity index (χ2n) is 5.07. The number of imidazole rings is 1. The van der Waals surface area contributed by atoms with Gasteiger partial charge in [-0.05, 0) is 19.3 Å². The molecule has 1 fully saturated rings. The van der Waals surface area contributed by atoms with E-state index < -0.39 is 5.97 Å². The summed E-state index contributed by atoms with van der Waals surface area (Å²) < 4.78 is 6.88. The number of nitrogens with one attached hydrogen (secondary N) is 2. The average molecular weight is 296 g/mol. The molecule has 1 heterocycles. The second kappa shape index (κ2) is 7.07. The van der Waals surface area contributed by atoms with Crippen LogP contribution in [0.1, 0.15) is 29.8 Å². The van der Waals surface area contributed by atoms with Crippen LogP contribution in [-0.2, 0) is 11.3 Å². The number of hydrogen-bond acceptors (Lipinski definition) is 4. The molecule has 21 heavy (non-hydrogen) atoms. The van der Waals surface area contributed by atoms with Crippen molar-refractivity contribution in [1.29, 1.82) is 0 Å². The van der Waals surface area contributed by atoms with E-state index in [0.717, 1.165) is 19.3 Å². The minimum atomic E-state index is -1.06. The van der Waals surface area contributed by atoms with Crippen LogP contribution >= 0.6 is 0 Å². The third kappa shape index (κ3) is 4.45. The molecule has 1 aromatic heterocycles. The van der Waals surface area contributed by atoms with Crippen molar-refractivity contribution in [1.82, 2.24) is 20.2 Å². The van der Waals surface area contributed by atoms with Gasteiger partial charge >= 0.3 is 12.0 Å². The monoisotopic (exact) mass is 296 g/mol. The van der Waals surface area contributed by atoms with E-state index in [0.29, 0.717) is 13.1 Å². The summed E-state index contributed by atoms with van der Waals surface area (Å²) in [6.07, 6.45) is 5.83. The molecule has 116 valence electrons. The van der Waals surface area contributed by atoms with Crippen molar-refractivity contribution in [2.24, 2.45) is 0 Å². The van der Waals surface area contributed by atoms with E-state index in [9.17, 15) is 9.59 Å². The number of methoxy groups -OCH3 is 1. The van der Waals surface area contributed by atoms with E-state index in [-0.39, 0.29) is 23.9 Å². The van der Waals surface area contributed by atoms with Crippen molar-refractivity contribution in [2.75, 3.05) is 13.7 Å². The van der Waals surface area contributed by atoms with Crippen molar-refractivity contribution in [3.8, 4) is 0 Å². The molecule has 2 rings (SSSR count). The predicted molar refractivity (Wildman–Crippen MR) is 74.2 cm³/mol. The molecule has 0 aromatic carbocycles. The number of carbonyl (C=O) groups is 2. The molecule has 1 aliphatic carbocycles. The van der Waals surface area contributed by atoms with Crippen molar-refractivity contribution >= 4 is 12.0 Å². The first-order chi connectivity index (χ1) is 10.1. The lowest BCUT2D eigenvalue weighted by Gasteiger charge is -2.13. The third-order valence-corrected chi connectivity index (χ3v) is 3.56. The molecular formula is C13H20N4O4. The molecule has 0 radical (unpaired) electrons. The minimum absolute atomic E-state index is 0.00369. The van der Waals surface area contributed by atoms with Crippen molar-refractivity contribution in [3.63, 3.8) is 0 Å². The number of carbonyl (C=O) groups excluding carboxylic acids is 1. The molecule has 2 unspecified atom stereocenters. The third-order valence-electron chi connectivity index (χ3n) is 3.56. The molecule has 2 amide bonds. The van der Waals surface area contributed by atoms with Gasteiger partial charge in [-0.15, -0.1) is 0 Å². The zero-order valence-corrected chi connectivity index (χ0v) is 11.9. The second-order valence-corrected chi connectivity index (χ2v) is 5.07. The normalized spacial score (nSPS) is 21.2. The molecule has 0 bridgehead atoms. The van der Waals surface area contributed by atoms with Gasteiger partial charge in [-0.1, -0.05) is 0 Å². The Morgan fingerprint density at radius 3 is 2.95 bits per heavy atom. The number of ether oxygens (including phenoxy) is 1. The molecule has 8 heteroatoms. The van der Waals surface area contributed by atoms with Gasteiger partial charge in [0, 0.05) is 32.4 Å². The Labute approximate surface area is 122 Å². The fraction of sp³-hybridized carbons (Fsp3) is 0.615. The Hall–Kier alpha value is -2.09. The Morgan fingerprint density at radius 2 is 2.33 bits per heavy atom. The summed E-state index contributed by atoms with van der Waals surface area (Å²) in [4.78, 5) is 26.1. The van der Waals surface area contributed by atoms with Crippen LogP contribution in [-0.4, -0.2) is 52.5 Å². The van der Waals surface area contributed by atoms with E-state index >= 15 is 0 Å². The van der Waals surface area contributed by atoms with Gasteiger partial charge in [-0.3, -0.25) is 0 Å². The molecule has 2 atom stereocenters. The maximum atomic E-state index is 11.7. The predicted octanol–water partition coefficient (Wildman–Crippen LogP) is 0.448. The first-order valence-electron chi connectivity index (χ1n) is 6.90. The molecule has 3 N–H and O–H groups in total. The molecule has 8 nitrogen and oxygen atoms in total. The average Bonchev–Trinajstić information content (AvgIpc) is 3.07. The molecule has 1 aromatic rings. The summed E-state index contributed by atoms with van der Waals surface area (Å²) in [5.74, 6) is -1.06. The molecule has 1 saturated carbocycles. The summed E-state index contributed by atoms with van der Waals surface area (Å²) in [5, 5.41) is 14.4. The Kier molecular flexibility index (Phi) is 5.15. The van der Waals surface area contributed by atoms with Gasteiger partial charge < -0.3 is 25.0 Å². The topological polar surface area (TPSA) is 105 Å². The van der Waals surface area contributed by atoms with E-state index in [1.807, 2.05) is 0 Å². The minimum Gasteiger partial charge on any atom is -0.476 e. The van der Waals surface area contributed by atoms with Gasteiger partial charge in [-0.25, -0.2) is 14.6 Å². The van der Waals surface area contributed by atoms with E-state index in [1.54, 1.807) is 11.7 Å². The molecule has 0 spiro atoms. The number of carboxylic acids is 1. The number of nitrogens with zero attached hydrogens (tertiary/aromatic N) is 2. The van der Waals surface area contributed by atoms with Crippen molar-refractivity contribution in [3.05, 3.63) is 18.2 Å². The lowest BCUT2D eigenvalue weighted by atomic mass is 10.2.